The molecule has 0 bridgehead atoms. The van der Waals surface area contributed by atoms with Crippen molar-refractivity contribution in [2.45, 2.75) is 19.4 Å². The molecule has 188 valence electrons. The van der Waals surface area contributed by atoms with Crippen molar-refractivity contribution in [1.29, 1.82) is 0 Å². The molecule has 1 amide bonds. The zero-order valence-corrected chi connectivity index (χ0v) is 20.8. The number of anilines is 2. The maximum Gasteiger partial charge on any atom is 0.263 e. The highest BCUT2D eigenvalue weighted by Gasteiger charge is 2.28. The van der Waals surface area contributed by atoms with Crippen molar-refractivity contribution in [3.63, 3.8) is 0 Å². The van der Waals surface area contributed by atoms with Crippen LogP contribution < -0.4 is 19.9 Å². The van der Waals surface area contributed by atoms with Crippen LogP contribution in [0.2, 0.25) is 0 Å². The number of para-hydroxylation sites is 1. The second-order valence-corrected chi connectivity index (χ2v) is 9.56. The number of carbonyl (C=O) groups excluding carboxylic acids is 1. The average molecular weight is 487 g/mol. The number of piperazine rings is 1. The number of aromatic nitrogens is 2. The predicted octanol–water partition coefficient (Wildman–Crippen LogP) is 3.55. The number of hydrogen-bond donors (Lipinski definition) is 1. The molecule has 2 saturated heterocycles. The van der Waals surface area contributed by atoms with Gasteiger partial charge in [-0.3, -0.25) is 4.79 Å². The molecule has 2 fully saturated rings. The summed E-state index contributed by atoms with van der Waals surface area (Å²) in [7, 11) is 2.17. The normalized spacial score (nSPS) is 18.6. The number of amides is 1. The third-order valence-corrected chi connectivity index (χ3v) is 6.97. The van der Waals surface area contributed by atoms with Gasteiger partial charge in [-0.05, 0) is 49.7 Å². The van der Waals surface area contributed by atoms with Gasteiger partial charge in [0.15, 0.2) is 5.82 Å². The van der Waals surface area contributed by atoms with Crippen LogP contribution in [0.4, 0.5) is 11.5 Å². The van der Waals surface area contributed by atoms with Crippen LogP contribution in [0.3, 0.4) is 0 Å². The summed E-state index contributed by atoms with van der Waals surface area (Å²) in [5.41, 5.74) is 2.36. The molecule has 2 aliphatic rings. The second kappa shape index (κ2) is 11.4. The number of nitrogens with one attached hydrogen (secondary N) is 1. The highest BCUT2D eigenvalue weighted by Crippen LogP contribution is 2.31. The van der Waals surface area contributed by atoms with E-state index in [0.717, 1.165) is 51.1 Å². The van der Waals surface area contributed by atoms with Crippen LogP contribution in [0.25, 0.3) is 0 Å². The summed E-state index contributed by atoms with van der Waals surface area (Å²) < 4.78 is 6.00. The number of nitrogens with zero attached hydrogens (tertiary/aromatic N) is 5. The highest BCUT2D eigenvalue weighted by molar-refractivity contribution is 5.79. The Morgan fingerprint density at radius 3 is 2.47 bits per heavy atom. The molecule has 0 spiro atoms. The lowest BCUT2D eigenvalue weighted by Crippen LogP contribution is -2.44. The summed E-state index contributed by atoms with van der Waals surface area (Å²) in [6.45, 7) is 6.23. The van der Waals surface area contributed by atoms with Gasteiger partial charge in [-0.25, -0.2) is 9.97 Å². The molecule has 2 aromatic carbocycles. The predicted molar refractivity (Wildman–Crippen MR) is 141 cm³/mol. The van der Waals surface area contributed by atoms with Crippen molar-refractivity contribution >= 4 is 17.4 Å². The van der Waals surface area contributed by atoms with E-state index in [4.69, 9.17) is 4.74 Å². The average Bonchev–Trinajstić information content (AvgIpc) is 2.93. The Morgan fingerprint density at radius 1 is 0.944 bits per heavy atom. The molecule has 0 saturated carbocycles. The molecule has 8 heteroatoms. The number of likely N-dealkylation sites (N-methyl/N-ethyl adjacent to an activating group) is 1. The fourth-order valence-electron chi connectivity index (χ4n) is 4.81. The van der Waals surface area contributed by atoms with Crippen molar-refractivity contribution in [3.05, 3.63) is 72.6 Å². The van der Waals surface area contributed by atoms with Crippen molar-refractivity contribution in [3.8, 4) is 11.6 Å². The molecule has 1 aromatic heterocycles. The first-order valence-electron chi connectivity index (χ1n) is 12.7. The molecule has 0 radical (unpaired) electrons. The molecule has 0 aliphatic carbocycles. The summed E-state index contributed by atoms with van der Waals surface area (Å²) in [5.74, 6) is 1.83. The number of hydrogen-bond acceptors (Lipinski definition) is 7. The van der Waals surface area contributed by atoms with E-state index in [2.05, 4.69) is 61.3 Å². The van der Waals surface area contributed by atoms with Crippen LogP contribution in [0.15, 0.2) is 67.0 Å². The first-order valence-corrected chi connectivity index (χ1v) is 12.7. The largest absolute Gasteiger partial charge is 0.436 e. The van der Waals surface area contributed by atoms with E-state index in [0.29, 0.717) is 30.5 Å². The van der Waals surface area contributed by atoms with Crippen molar-refractivity contribution in [2.75, 3.05) is 56.1 Å². The molecule has 3 heterocycles. The van der Waals surface area contributed by atoms with Gasteiger partial charge >= 0.3 is 0 Å². The number of piperidine rings is 1. The van der Waals surface area contributed by atoms with Gasteiger partial charge in [-0.15, -0.1) is 0 Å². The molecule has 2 aliphatic heterocycles. The van der Waals surface area contributed by atoms with E-state index in [1.807, 2.05) is 30.3 Å². The third kappa shape index (κ3) is 5.94. The molecule has 1 atom stereocenters. The van der Waals surface area contributed by atoms with Crippen LogP contribution in [-0.2, 0) is 11.3 Å². The second-order valence-electron chi connectivity index (χ2n) is 9.56. The van der Waals surface area contributed by atoms with Gasteiger partial charge in [0, 0.05) is 63.9 Å². The molecule has 3 aromatic rings. The van der Waals surface area contributed by atoms with Gasteiger partial charge in [-0.2, -0.15) is 0 Å². The van der Waals surface area contributed by atoms with E-state index in [1.54, 1.807) is 12.4 Å². The number of benzene rings is 2. The molecule has 36 heavy (non-hydrogen) atoms. The Labute approximate surface area is 212 Å². The summed E-state index contributed by atoms with van der Waals surface area (Å²) in [6.07, 6.45) is 5.08. The van der Waals surface area contributed by atoms with Gasteiger partial charge < -0.3 is 24.8 Å². The molecular formula is C28H34N6O2. The first-order chi connectivity index (χ1) is 17.7. The van der Waals surface area contributed by atoms with Crippen molar-refractivity contribution < 1.29 is 9.53 Å². The van der Waals surface area contributed by atoms with Crippen LogP contribution in [0.5, 0.6) is 11.6 Å². The van der Waals surface area contributed by atoms with Gasteiger partial charge in [0.1, 0.15) is 5.75 Å². The van der Waals surface area contributed by atoms with Crippen molar-refractivity contribution in [2.24, 2.45) is 5.92 Å². The number of carbonyl (C=O) groups is 1. The first kappa shape index (κ1) is 24.1. The van der Waals surface area contributed by atoms with Gasteiger partial charge in [-0.1, -0.05) is 30.3 Å². The summed E-state index contributed by atoms with van der Waals surface area (Å²) >= 11 is 0. The maximum absolute atomic E-state index is 13.1. The molecule has 8 nitrogen and oxygen atoms in total. The Morgan fingerprint density at radius 2 is 1.69 bits per heavy atom. The van der Waals surface area contributed by atoms with E-state index in [-0.39, 0.29) is 11.8 Å². The Kier molecular flexibility index (Phi) is 7.61. The molecule has 0 unspecified atom stereocenters. The molecular weight excluding hydrogens is 452 g/mol. The minimum Gasteiger partial charge on any atom is -0.436 e. The van der Waals surface area contributed by atoms with Crippen molar-refractivity contribution in [1.82, 2.24) is 20.2 Å². The monoisotopic (exact) mass is 486 g/mol. The number of ether oxygens (including phenoxy) is 1. The van der Waals surface area contributed by atoms with Gasteiger partial charge in [0.05, 0.1) is 5.92 Å². The lowest BCUT2D eigenvalue weighted by molar-refractivity contribution is -0.125. The number of rotatable bonds is 7. The quantitative estimate of drug-likeness (QED) is 0.547. The van der Waals surface area contributed by atoms with Crippen LogP contribution in [-0.4, -0.2) is 67.1 Å². The summed E-state index contributed by atoms with van der Waals surface area (Å²) in [4.78, 5) is 28.9. The van der Waals surface area contributed by atoms with E-state index >= 15 is 0 Å². The topological polar surface area (TPSA) is 73.8 Å². The molecule has 1 N–H and O–H groups in total. The summed E-state index contributed by atoms with van der Waals surface area (Å²) in [5, 5.41) is 3.15. The Hall–Kier alpha value is -3.65. The minimum absolute atomic E-state index is 0.0808. The SMILES string of the molecule is CN1CCN(c2ccc(CNC(=O)[C@@H]3CCCN(c4nccnc4Oc4ccccc4)C3)cc2)CC1. The maximum atomic E-state index is 13.1. The van der Waals surface area contributed by atoms with Crippen LogP contribution in [0, 0.1) is 5.92 Å². The fourth-order valence-corrected chi connectivity index (χ4v) is 4.81. The fraction of sp³-hybridized carbons (Fsp3) is 0.393. The van der Waals surface area contributed by atoms with Crippen LogP contribution >= 0.6 is 0 Å². The molecule has 5 rings (SSSR count). The third-order valence-electron chi connectivity index (χ3n) is 6.97. The van der Waals surface area contributed by atoms with E-state index in [1.165, 1.54) is 5.69 Å². The van der Waals surface area contributed by atoms with E-state index < -0.39 is 0 Å². The Bertz CT molecular complexity index is 1130. The minimum atomic E-state index is -0.102. The zero-order valence-electron chi connectivity index (χ0n) is 20.8. The van der Waals surface area contributed by atoms with Crippen LogP contribution in [0.1, 0.15) is 18.4 Å². The smallest absolute Gasteiger partial charge is 0.263 e. The lowest BCUT2D eigenvalue weighted by atomic mass is 9.97. The highest BCUT2D eigenvalue weighted by atomic mass is 16.5. The standard InChI is InChI=1S/C28H34N6O2/c1-32-16-18-33(19-17-32)24-11-9-22(10-12-24)20-31-27(35)23-6-5-15-34(21-23)26-28(30-14-13-29-26)36-25-7-3-2-4-8-25/h2-4,7-14,23H,5-6,15-21H2,1H3,(H,31,35)/t23-/m1/s1. The van der Waals surface area contributed by atoms with Gasteiger partial charge in [0.25, 0.3) is 5.88 Å². The summed E-state index contributed by atoms with van der Waals surface area (Å²) in [6, 6.07) is 18.1. The van der Waals surface area contributed by atoms with Gasteiger partial charge in [0.2, 0.25) is 5.91 Å². The Balaban J connectivity index is 1.17. The lowest BCUT2D eigenvalue weighted by Gasteiger charge is -2.34. The zero-order chi connectivity index (χ0) is 24.7. The van der Waals surface area contributed by atoms with E-state index in [9.17, 15) is 4.79 Å².